The van der Waals surface area contributed by atoms with Crippen molar-refractivity contribution >= 4 is 11.7 Å². The summed E-state index contributed by atoms with van der Waals surface area (Å²) in [6.45, 7) is 4.33. The normalized spacial score (nSPS) is 10.8. The van der Waals surface area contributed by atoms with Crippen LogP contribution in [-0.4, -0.2) is 15.9 Å². The molecule has 0 atom stereocenters. The number of aryl methyl sites for hydroxylation is 1. The summed E-state index contributed by atoms with van der Waals surface area (Å²) >= 11 is 0. The third kappa shape index (κ3) is 4.53. The quantitative estimate of drug-likeness (QED) is 0.723. The van der Waals surface area contributed by atoms with Crippen molar-refractivity contribution in [3.63, 3.8) is 0 Å². The van der Waals surface area contributed by atoms with E-state index in [0.717, 1.165) is 11.3 Å². The van der Waals surface area contributed by atoms with E-state index >= 15 is 0 Å². The smallest absolute Gasteiger partial charge is 0.226 e. The average molecular weight is 335 g/mol. The Balaban J connectivity index is 1.57. The van der Waals surface area contributed by atoms with Crippen molar-refractivity contribution in [2.75, 3.05) is 5.32 Å². The summed E-state index contributed by atoms with van der Waals surface area (Å²) in [4.78, 5) is 20.3. The molecule has 3 rings (SSSR count). The molecule has 5 heteroatoms. The van der Waals surface area contributed by atoms with Crippen LogP contribution in [0.15, 0.2) is 59.3 Å². The molecule has 25 heavy (non-hydrogen) atoms. The van der Waals surface area contributed by atoms with E-state index in [1.54, 1.807) is 24.5 Å². The Morgan fingerprint density at radius 3 is 2.60 bits per heavy atom. The first kappa shape index (κ1) is 16.9. The van der Waals surface area contributed by atoms with Crippen molar-refractivity contribution in [2.24, 2.45) is 0 Å². The number of aromatic nitrogens is 2. The molecule has 2 aromatic heterocycles. The lowest BCUT2D eigenvalue weighted by Gasteiger charge is -2.05. The zero-order chi connectivity index (χ0) is 17.6. The molecule has 0 bridgehead atoms. The molecule has 5 nitrogen and oxygen atoms in total. The van der Waals surface area contributed by atoms with E-state index in [-0.39, 0.29) is 5.91 Å². The van der Waals surface area contributed by atoms with Gasteiger partial charge >= 0.3 is 0 Å². The zero-order valence-electron chi connectivity index (χ0n) is 14.4. The lowest BCUT2D eigenvalue weighted by atomic mass is 10.0. The first-order valence-electron chi connectivity index (χ1n) is 8.38. The fourth-order valence-corrected chi connectivity index (χ4v) is 2.45. The van der Waals surface area contributed by atoms with Crippen molar-refractivity contribution in [3.05, 3.63) is 66.3 Å². The van der Waals surface area contributed by atoms with Crippen LogP contribution in [0.25, 0.3) is 11.3 Å². The van der Waals surface area contributed by atoms with E-state index in [0.29, 0.717) is 30.5 Å². The lowest BCUT2D eigenvalue weighted by Crippen LogP contribution is -2.13. The standard InChI is InChI=1S/C20H21N3O2/c1-14(2)15-6-8-16(9-7-15)17-13-22-20(25-17)11-10-19(24)23-18-5-3-4-12-21-18/h3-9,12-14H,10-11H2,1-2H3,(H,21,23,24). The summed E-state index contributed by atoms with van der Waals surface area (Å²) in [6, 6.07) is 13.7. The second-order valence-electron chi connectivity index (χ2n) is 6.16. The highest BCUT2D eigenvalue weighted by Crippen LogP contribution is 2.23. The Morgan fingerprint density at radius 1 is 1.12 bits per heavy atom. The van der Waals surface area contributed by atoms with Crippen molar-refractivity contribution in [3.8, 4) is 11.3 Å². The first-order valence-corrected chi connectivity index (χ1v) is 8.38. The summed E-state index contributed by atoms with van der Waals surface area (Å²) in [5.41, 5.74) is 2.27. The molecule has 0 saturated carbocycles. The number of nitrogens with one attached hydrogen (secondary N) is 1. The van der Waals surface area contributed by atoms with E-state index < -0.39 is 0 Å². The van der Waals surface area contributed by atoms with Crippen molar-refractivity contribution < 1.29 is 9.21 Å². The minimum Gasteiger partial charge on any atom is -0.441 e. The Kier molecular flexibility index (Phi) is 5.23. The van der Waals surface area contributed by atoms with Gasteiger partial charge in [-0.1, -0.05) is 44.2 Å². The molecule has 1 amide bonds. The van der Waals surface area contributed by atoms with Gasteiger partial charge < -0.3 is 9.73 Å². The van der Waals surface area contributed by atoms with Crippen LogP contribution in [0.3, 0.4) is 0 Å². The molecule has 1 N–H and O–H groups in total. The van der Waals surface area contributed by atoms with Crippen LogP contribution >= 0.6 is 0 Å². The van der Waals surface area contributed by atoms with Gasteiger partial charge in [-0.3, -0.25) is 4.79 Å². The van der Waals surface area contributed by atoms with Crippen LogP contribution in [0.2, 0.25) is 0 Å². The van der Waals surface area contributed by atoms with Crippen molar-refractivity contribution in [2.45, 2.75) is 32.6 Å². The van der Waals surface area contributed by atoms with Crippen LogP contribution in [0, 0.1) is 0 Å². The molecule has 3 aromatic rings. The highest BCUT2D eigenvalue weighted by Gasteiger charge is 2.10. The number of carbonyl (C=O) groups is 1. The van der Waals surface area contributed by atoms with Gasteiger partial charge in [-0.05, 0) is 23.6 Å². The monoisotopic (exact) mass is 335 g/mol. The Labute approximate surface area is 147 Å². The summed E-state index contributed by atoms with van der Waals surface area (Å²) < 4.78 is 5.76. The molecule has 2 heterocycles. The third-order valence-corrected chi connectivity index (χ3v) is 3.91. The molecule has 128 valence electrons. The van der Waals surface area contributed by atoms with E-state index in [2.05, 4.69) is 41.3 Å². The maximum atomic E-state index is 11.9. The topological polar surface area (TPSA) is 68.0 Å². The number of anilines is 1. The minimum atomic E-state index is -0.111. The van der Waals surface area contributed by atoms with Gasteiger partial charge in [0.2, 0.25) is 5.91 Å². The van der Waals surface area contributed by atoms with Gasteiger partial charge in [-0.15, -0.1) is 0 Å². The molecule has 0 radical (unpaired) electrons. The van der Waals surface area contributed by atoms with Crippen LogP contribution in [0.1, 0.15) is 37.6 Å². The molecule has 0 unspecified atom stereocenters. The number of hydrogen-bond acceptors (Lipinski definition) is 4. The summed E-state index contributed by atoms with van der Waals surface area (Å²) in [5, 5.41) is 2.75. The molecule has 0 spiro atoms. The van der Waals surface area contributed by atoms with Crippen LogP contribution in [0.4, 0.5) is 5.82 Å². The molecule has 0 saturated heterocycles. The molecular formula is C20H21N3O2. The van der Waals surface area contributed by atoms with Crippen LogP contribution in [0.5, 0.6) is 0 Å². The third-order valence-electron chi connectivity index (χ3n) is 3.91. The number of carbonyl (C=O) groups excluding carboxylic acids is 1. The van der Waals surface area contributed by atoms with Gasteiger partial charge in [0.05, 0.1) is 6.20 Å². The second-order valence-corrected chi connectivity index (χ2v) is 6.16. The predicted octanol–water partition coefficient (Wildman–Crippen LogP) is 4.43. The number of nitrogens with zero attached hydrogens (tertiary/aromatic N) is 2. The highest BCUT2D eigenvalue weighted by molar-refractivity contribution is 5.89. The van der Waals surface area contributed by atoms with E-state index in [9.17, 15) is 4.79 Å². The van der Waals surface area contributed by atoms with Crippen LogP contribution < -0.4 is 5.32 Å². The summed E-state index contributed by atoms with van der Waals surface area (Å²) in [5.74, 6) is 2.21. The van der Waals surface area contributed by atoms with Crippen molar-refractivity contribution in [1.29, 1.82) is 0 Å². The molecule has 0 aliphatic carbocycles. The Hall–Kier alpha value is -2.95. The van der Waals surface area contributed by atoms with E-state index in [4.69, 9.17) is 4.42 Å². The zero-order valence-corrected chi connectivity index (χ0v) is 14.4. The van der Waals surface area contributed by atoms with Gasteiger partial charge in [0.1, 0.15) is 5.82 Å². The largest absolute Gasteiger partial charge is 0.441 e. The van der Waals surface area contributed by atoms with Gasteiger partial charge in [0.15, 0.2) is 11.7 Å². The highest BCUT2D eigenvalue weighted by atomic mass is 16.4. The summed E-state index contributed by atoms with van der Waals surface area (Å²) in [6.07, 6.45) is 4.09. The predicted molar refractivity (Wildman–Crippen MR) is 97.2 cm³/mol. The SMILES string of the molecule is CC(C)c1ccc(-c2cnc(CCC(=O)Nc3ccccn3)o2)cc1. The fraction of sp³-hybridized carbons (Fsp3) is 0.250. The number of pyridine rings is 1. The van der Waals surface area contributed by atoms with E-state index in [1.165, 1.54) is 5.56 Å². The number of benzene rings is 1. The van der Waals surface area contributed by atoms with Gasteiger partial charge in [-0.2, -0.15) is 0 Å². The Morgan fingerprint density at radius 2 is 1.92 bits per heavy atom. The fourth-order valence-electron chi connectivity index (χ4n) is 2.45. The Bertz CT molecular complexity index is 824. The van der Waals surface area contributed by atoms with Gasteiger partial charge in [-0.25, -0.2) is 9.97 Å². The number of rotatable bonds is 6. The molecule has 1 aromatic carbocycles. The number of amides is 1. The van der Waals surface area contributed by atoms with Gasteiger partial charge in [0.25, 0.3) is 0 Å². The van der Waals surface area contributed by atoms with Crippen LogP contribution in [-0.2, 0) is 11.2 Å². The molecule has 0 fully saturated rings. The summed E-state index contributed by atoms with van der Waals surface area (Å²) in [7, 11) is 0. The average Bonchev–Trinajstić information content (AvgIpc) is 3.10. The molecular weight excluding hydrogens is 314 g/mol. The molecule has 0 aliphatic heterocycles. The van der Waals surface area contributed by atoms with Crippen molar-refractivity contribution in [1.82, 2.24) is 9.97 Å². The van der Waals surface area contributed by atoms with E-state index in [1.807, 2.05) is 18.2 Å². The molecule has 0 aliphatic rings. The first-order chi connectivity index (χ1) is 12.1. The maximum absolute atomic E-state index is 11.9. The minimum absolute atomic E-state index is 0.111. The second kappa shape index (κ2) is 7.75. The van der Waals surface area contributed by atoms with Gasteiger partial charge in [0, 0.05) is 24.6 Å². The number of hydrogen-bond donors (Lipinski definition) is 1. The number of oxazole rings is 1. The lowest BCUT2D eigenvalue weighted by molar-refractivity contribution is -0.116. The maximum Gasteiger partial charge on any atom is 0.226 e.